The summed E-state index contributed by atoms with van der Waals surface area (Å²) in [7, 11) is 1.64. The number of carbonyl (C=O) groups is 1. The first-order valence-corrected chi connectivity index (χ1v) is 10.4. The number of ether oxygens (including phenoxy) is 1. The van der Waals surface area contributed by atoms with Crippen LogP contribution in [0.2, 0.25) is 0 Å². The van der Waals surface area contributed by atoms with E-state index in [1.54, 1.807) is 13.2 Å². The third kappa shape index (κ3) is 5.11. The lowest BCUT2D eigenvalue weighted by molar-refractivity contribution is -0.117. The maximum Gasteiger partial charge on any atom is 0.267 e. The third-order valence-corrected chi connectivity index (χ3v) is 5.38. The SMILES string of the molecule is COc1ccccc1N1CCN(c2ccc(=O)n(CC(=O)Nc3ccc(F)c(F)c3)n2)CC1. The first-order chi connectivity index (χ1) is 15.9. The Kier molecular flexibility index (Phi) is 6.53. The number of anilines is 3. The number of hydrogen-bond acceptors (Lipinski definition) is 6. The molecule has 0 aliphatic carbocycles. The van der Waals surface area contributed by atoms with Crippen LogP contribution in [-0.4, -0.2) is 49.0 Å². The van der Waals surface area contributed by atoms with Crippen molar-refractivity contribution in [3.8, 4) is 5.75 Å². The van der Waals surface area contributed by atoms with Crippen molar-refractivity contribution in [2.24, 2.45) is 0 Å². The van der Waals surface area contributed by atoms with Crippen LogP contribution in [-0.2, 0) is 11.3 Å². The van der Waals surface area contributed by atoms with E-state index in [4.69, 9.17) is 4.74 Å². The van der Waals surface area contributed by atoms with Gasteiger partial charge in [-0.25, -0.2) is 13.5 Å². The van der Waals surface area contributed by atoms with Crippen molar-refractivity contribution < 1.29 is 18.3 Å². The van der Waals surface area contributed by atoms with Crippen molar-refractivity contribution in [2.45, 2.75) is 6.54 Å². The Morgan fingerprint density at radius 1 is 1.00 bits per heavy atom. The highest BCUT2D eigenvalue weighted by Crippen LogP contribution is 2.28. The molecular weight excluding hydrogens is 432 g/mol. The molecule has 1 N–H and O–H groups in total. The molecule has 1 aliphatic heterocycles. The summed E-state index contributed by atoms with van der Waals surface area (Å²) in [4.78, 5) is 28.8. The topological polar surface area (TPSA) is 79.7 Å². The summed E-state index contributed by atoms with van der Waals surface area (Å²) in [6.45, 7) is 2.46. The molecule has 172 valence electrons. The van der Waals surface area contributed by atoms with E-state index in [9.17, 15) is 18.4 Å². The first-order valence-electron chi connectivity index (χ1n) is 10.4. The largest absolute Gasteiger partial charge is 0.495 e. The molecule has 0 bridgehead atoms. The predicted octanol–water partition coefficient (Wildman–Crippen LogP) is 2.50. The number of amides is 1. The van der Waals surface area contributed by atoms with Gasteiger partial charge in [-0.05, 0) is 30.3 Å². The van der Waals surface area contributed by atoms with Crippen LogP contribution in [0, 0.1) is 11.6 Å². The van der Waals surface area contributed by atoms with Gasteiger partial charge in [-0.3, -0.25) is 9.59 Å². The van der Waals surface area contributed by atoms with Crippen LogP contribution in [0.15, 0.2) is 59.4 Å². The molecule has 2 heterocycles. The van der Waals surface area contributed by atoms with E-state index in [-0.39, 0.29) is 12.2 Å². The van der Waals surface area contributed by atoms with E-state index in [0.717, 1.165) is 41.3 Å². The van der Waals surface area contributed by atoms with Crippen molar-refractivity contribution >= 4 is 23.1 Å². The zero-order valence-corrected chi connectivity index (χ0v) is 18.0. The van der Waals surface area contributed by atoms with Gasteiger partial charge in [0.25, 0.3) is 5.56 Å². The molecule has 8 nitrogen and oxygen atoms in total. The minimum atomic E-state index is -1.07. The lowest BCUT2D eigenvalue weighted by atomic mass is 10.2. The van der Waals surface area contributed by atoms with Gasteiger partial charge in [0.15, 0.2) is 11.6 Å². The smallest absolute Gasteiger partial charge is 0.267 e. The summed E-state index contributed by atoms with van der Waals surface area (Å²) < 4.78 is 32.9. The molecule has 2 aromatic carbocycles. The molecular formula is C23H23F2N5O3. The van der Waals surface area contributed by atoms with Gasteiger partial charge in [0, 0.05) is 44.0 Å². The highest BCUT2D eigenvalue weighted by molar-refractivity contribution is 5.90. The molecule has 1 amide bonds. The fourth-order valence-electron chi connectivity index (χ4n) is 3.70. The van der Waals surface area contributed by atoms with E-state index >= 15 is 0 Å². The van der Waals surface area contributed by atoms with E-state index < -0.39 is 23.1 Å². The normalized spacial score (nSPS) is 13.7. The average molecular weight is 455 g/mol. The van der Waals surface area contributed by atoms with E-state index in [1.165, 1.54) is 12.1 Å². The number of halogens is 2. The zero-order chi connectivity index (χ0) is 23.4. The molecule has 33 heavy (non-hydrogen) atoms. The fourth-order valence-corrected chi connectivity index (χ4v) is 3.70. The van der Waals surface area contributed by atoms with Crippen molar-refractivity contribution in [3.05, 3.63) is 76.6 Å². The Morgan fingerprint density at radius 3 is 2.45 bits per heavy atom. The summed E-state index contributed by atoms with van der Waals surface area (Å²) >= 11 is 0. The van der Waals surface area contributed by atoms with Gasteiger partial charge < -0.3 is 19.9 Å². The Labute approximate surface area is 189 Å². The summed E-state index contributed by atoms with van der Waals surface area (Å²) in [5.41, 5.74) is 0.675. The molecule has 1 aliphatic rings. The van der Waals surface area contributed by atoms with Crippen molar-refractivity contribution in [2.75, 3.05) is 48.4 Å². The molecule has 0 atom stereocenters. The maximum atomic E-state index is 13.3. The van der Waals surface area contributed by atoms with Crippen molar-refractivity contribution in [1.82, 2.24) is 9.78 Å². The monoisotopic (exact) mass is 455 g/mol. The highest BCUT2D eigenvalue weighted by Gasteiger charge is 2.21. The van der Waals surface area contributed by atoms with E-state index in [1.807, 2.05) is 29.2 Å². The summed E-state index contributed by atoms with van der Waals surface area (Å²) in [6, 6.07) is 13.8. The molecule has 1 aromatic heterocycles. The van der Waals surface area contributed by atoms with Gasteiger partial charge in [-0.15, -0.1) is 0 Å². The number of piperazine rings is 1. The number of hydrogen-bond donors (Lipinski definition) is 1. The quantitative estimate of drug-likeness (QED) is 0.615. The number of nitrogens with zero attached hydrogens (tertiary/aromatic N) is 4. The second-order valence-corrected chi connectivity index (χ2v) is 7.51. The van der Waals surface area contributed by atoms with Gasteiger partial charge in [-0.1, -0.05) is 12.1 Å². The van der Waals surface area contributed by atoms with Crippen LogP contribution in [0.3, 0.4) is 0 Å². The number of carbonyl (C=O) groups excluding carboxylic acids is 1. The molecule has 0 spiro atoms. The molecule has 1 fully saturated rings. The molecule has 0 unspecified atom stereocenters. The van der Waals surface area contributed by atoms with Gasteiger partial charge in [0.1, 0.15) is 18.1 Å². The molecule has 4 rings (SSSR count). The summed E-state index contributed by atoms with van der Waals surface area (Å²) in [6.07, 6.45) is 0. The van der Waals surface area contributed by atoms with Crippen LogP contribution < -0.4 is 25.4 Å². The van der Waals surface area contributed by atoms with Gasteiger partial charge in [0.2, 0.25) is 5.91 Å². The Hall–Kier alpha value is -3.95. The van der Waals surface area contributed by atoms with Crippen LogP contribution in [0.5, 0.6) is 5.75 Å². The molecule has 1 saturated heterocycles. The van der Waals surface area contributed by atoms with Crippen LogP contribution in [0.25, 0.3) is 0 Å². The lowest BCUT2D eigenvalue weighted by Gasteiger charge is -2.37. The number of para-hydroxylation sites is 2. The lowest BCUT2D eigenvalue weighted by Crippen LogP contribution is -2.47. The standard InChI is InChI=1S/C23H23F2N5O3/c1-33-20-5-3-2-4-19(20)28-10-12-29(13-11-28)21-8-9-23(32)30(27-21)15-22(31)26-16-6-7-17(24)18(25)14-16/h2-9,14H,10-13,15H2,1H3,(H,26,31). The van der Waals surface area contributed by atoms with Crippen LogP contribution in [0.4, 0.5) is 26.0 Å². The Bertz CT molecular complexity index is 1210. The predicted molar refractivity (Wildman–Crippen MR) is 121 cm³/mol. The Balaban J connectivity index is 1.41. The molecule has 0 radical (unpaired) electrons. The van der Waals surface area contributed by atoms with E-state index in [0.29, 0.717) is 18.9 Å². The minimum Gasteiger partial charge on any atom is -0.495 e. The number of aromatic nitrogens is 2. The van der Waals surface area contributed by atoms with Crippen molar-refractivity contribution in [3.63, 3.8) is 0 Å². The second kappa shape index (κ2) is 9.68. The average Bonchev–Trinajstić information content (AvgIpc) is 2.83. The number of methoxy groups -OCH3 is 1. The van der Waals surface area contributed by atoms with Crippen molar-refractivity contribution in [1.29, 1.82) is 0 Å². The molecule has 10 heteroatoms. The third-order valence-electron chi connectivity index (χ3n) is 5.38. The second-order valence-electron chi connectivity index (χ2n) is 7.51. The minimum absolute atomic E-state index is 0.0931. The summed E-state index contributed by atoms with van der Waals surface area (Å²) in [5.74, 6) is -1.27. The summed E-state index contributed by atoms with van der Waals surface area (Å²) in [5, 5.41) is 6.77. The van der Waals surface area contributed by atoms with Crippen LogP contribution in [0.1, 0.15) is 0 Å². The Morgan fingerprint density at radius 2 is 1.73 bits per heavy atom. The first kappa shape index (κ1) is 22.3. The highest BCUT2D eigenvalue weighted by atomic mass is 19.2. The van der Waals surface area contributed by atoms with Gasteiger partial charge >= 0.3 is 0 Å². The molecule has 0 saturated carbocycles. The van der Waals surface area contributed by atoms with E-state index in [2.05, 4.69) is 15.3 Å². The van der Waals surface area contributed by atoms with Gasteiger partial charge in [-0.2, -0.15) is 5.10 Å². The van der Waals surface area contributed by atoms with Gasteiger partial charge in [0.05, 0.1) is 12.8 Å². The number of benzene rings is 2. The molecule has 3 aromatic rings. The van der Waals surface area contributed by atoms with Crippen LogP contribution >= 0.6 is 0 Å². The zero-order valence-electron chi connectivity index (χ0n) is 18.0. The number of rotatable bonds is 6. The number of nitrogens with one attached hydrogen (secondary N) is 1. The fraction of sp³-hybridized carbons (Fsp3) is 0.261. The maximum absolute atomic E-state index is 13.3.